The van der Waals surface area contributed by atoms with Crippen LogP contribution in [0.3, 0.4) is 0 Å². The second-order valence-electron chi connectivity index (χ2n) is 16.7. The van der Waals surface area contributed by atoms with Crippen LogP contribution in [0.2, 0.25) is 0 Å². The Morgan fingerprint density at radius 2 is 0.862 bits per heavy atom. The van der Waals surface area contributed by atoms with E-state index >= 15 is 0 Å². The van der Waals surface area contributed by atoms with Gasteiger partial charge in [0.15, 0.2) is 6.10 Å². The fourth-order valence-electron chi connectivity index (χ4n) is 6.68. The minimum Gasteiger partial charge on any atom is -0.462 e. The molecule has 0 aromatic rings. The molecule has 0 aliphatic carbocycles. The van der Waals surface area contributed by atoms with Gasteiger partial charge in [-0.3, -0.25) is 18.6 Å². The Morgan fingerprint density at radius 1 is 0.492 bits per heavy atom. The second-order valence-corrected chi connectivity index (χ2v) is 20.8. The van der Waals surface area contributed by atoms with Crippen molar-refractivity contribution in [2.45, 2.75) is 238 Å². The van der Waals surface area contributed by atoms with E-state index in [2.05, 4.69) is 61.2 Å². The van der Waals surface area contributed by atoms with Gasteiger partial charge >= 0.3 is 19.8 Å². The van der Waals surface area contributed by atoms with Crippen LogP contribution in [0.4, 0.5) is 0 Å². The number of hydrogen-bond acceptors (Lipinski definition) is 10. The van der Waals surface area contributed by atoms with Crippen LogP contribution in [0.15, 0.2) is 0 Å². The molecule has 0 radical (unpaired) electrons. The average molecular weight is 965 g/mol. The topological polar surface area (TPSA) is 129 Å². The van der Waals surface area contributed by atoms with Crippen LogP contribution < -0.4 is 0 Å². The molecule has 0 bridgehead atoms. The number of carbonyl (C=O) groups excluding carboxylic acids is 2. The molecule has 0 aromatic heterocycles. The molecule has 0 fully saturated rings. The molecule has 0 amide bonds. The lowest BCUT2D eigenvalue weighted by atomic mass is 10.1. The lowest BCUT2D eigenvalue weighted by Gasteiger charge is -2.20. The first kappa shape index (κ1) is 63.0. The molecule has 0 aromatic carbocycles. The lowest BCUT2D eigenvalue weighted by molar-refractivity contribution is -0.161. The summed E-state index contributed by atoms with van der Waals surface area (Å²) in [5.41, 5.74) is 0. The van der Waals surface area contributed by atoms with Gasteiger partial charge in [-0.15, -0.1) is 0 Å². The molecular weight excluding hydrogens is 876 g/mol. The van der Waals surface area contributed by atoms with Crippen molar-refractivity contribution in [3.8, 4) is 47.4 Å². The quantitative estimate of drug-likeness (QED) is 0.0199. The molecule has 0 saturated heterocycles. The number of phosphoric acid groups is 1. The minimum absolute atomic E-state index is 0.0411. The van der Waals surface area contributed by atoms with Gasteiger partial charge in [-0.25, -0.2) is 4.57 Å². The monoisotopic (exact) mass is 965 g/mol. The Morgan fingerprint density at radius 3 is 1.28 bits per heavy atom. The molecule has 9 nitrogen and oxygen atoms in total. The first-order valence-electron chi connectivity index (χ1n) is 25.6. The van der Waals surface area contributed by atoms with Crippen LogP contribution in [0.1, 0.15) is 232 Å². The van der Waals surface area contributed by atoms with E-state index in [0.717, 1.165) is 96.3 Å². The summed E-state index contributed by atoms with van der Waals surface area (Å²) in [6.45, 7) is 3.77. The van der Waals surface area contributed by atoms with E-state index in [1.54, 1.807) is 0 Å². The highest BCUT2D eigenvalue weighted by atomic mass is 33.1. The van der Waals surface area contributed by atoms with Gasteiger partial charge in [-0.1, -0.05) is 200 Å². The molecule has 0 aliphatic rings. The van der Waals surface area contributed by atoms with E-state index in [1.165, 1.54) is 118 Å². The molecule has 1 unspecified atom stereocenters. The van der Waals surface area contributed by atoms with Gasteiger partial charge < -0.3 is 19.5 Å². The molecule has 0 spiro atoms. The summed E-state index contributed by atoms with van der Waals surface area (Å²) >= 11 is 0. The zero-order valence-electron chi connectivity index (χ0n) is 40.9. The van der Waals surface area contributed by atoms with E-state index in [0.29, 0.717) is 24.3 Å². The van der Waals surface area contributed by atoms with Crippen molar-refractivity contribution in [2.24, 2.45) is 0 Å². The number of rotatable bonds is 45. The van der Waals surface area contributed by atoms with Gasteiger partial charge in [0.05, 0.1) is 19.8 Å². The van der Waals surface area contributed by atoms with E-state index in [-0.39, 0.29) is 32.7 Å². The summed E-state index contributed by atoms with van der Waals surface area (Å²) in [4.78, 5) is 35.5. The Hall–Kier alpha value is -2.05. The van der Waals surface area contributed by atoms with Gasteiger partial charge in [-0.2, -0.15) is 0 Å². The predicted octanol–water partition coefficient (Wildman–Crippen LogP) is 14.3. The van der Waals surface area contributed by atoms with Crippen molar-refractivity contribution in [1.82, 2.24) is 0 Å². The van der Waals surface area contributed by atoms with Crippen molar-refractivity contribution in [3.05, 3.63) is 0 Å². The first-order valence-corrected chi connectivity index (χ1v) is 29.6. The van der Waals surface area contributed by atoms with E-state index in [1.807, 2.05) is 0 Å². The molecular formula is C53H89O9PS2. The zero-order valence-corrected chi connectivity index (χ0v) is 43.4. The molecule has 12 heteroatoms. The van der Waals surface area contributed by atoms with Crippen molar-refractivity contribution in [2.75, 3.05) is 37.9 Å². The fraction of sp³-hybridized carbons (Fsp3) is 0.811. The molecule has 372 valence electrons. The summed E-state index contributed by atoms with van der Waals surface area (Å²) in [7, 11) is -1.60. The Kier molecular flexibility index (Phi) is 49.7. The third-order valence-electron chi connectivity index (χ3n) is 10.5. The fourth-order valence-corrected chi connectivity index (χ4v) is 9.15. The van der Waals surface area contributed by atoms with Gasteiger partial charge in [0.25, 0.3) is 0 Å². The third kappa shape index (κ3) is 51.2. The van der Waals surface area contributed by atoms with Crippen molar-refractivity contribution >= 4 is 41.3 Å². The highest BCUT2D eigenvalue weighted by Gasteiger charge is 2.26. The van der Waals surface area contributed by atoms with Gasteiger partial charge in [0.2, 0.25) is 0 Å². The molecule has 65 heavy (non-hydrogen) atoms. The minimum atomic E-state index is -4.43. The number of hydrogen-bond donors (Lipinski definition) is 2. The lowest BCUT2D eigenvalue weighted by Crippen LogP contribution is -2.29. The van der Waals surface area contributed by atoms with E-state index in [9.17, 15) is 19.0 Å². The average Bonchev–Trinajstić information content (AvgIpc) is 3.29. The van der Waals surface area contributed by atoms with Crippen molar-refractivity contribution in [3.63, 3.8) is 0 Å². The van der Waals surface area contributed by atoms with Gasteiger partial charge in [-0.05, 0) is 62.2 Å². The highest BCUT2D eigenvalue weighted by Crippen LogP contribution is 2.43. The second kappa shape index (κ2) is 51.3. The Bertz CT molecular complexity index is 1430. The van der Waals surface area contributed by atoms with Crippen LogP contribution in [0, 0.1) is 47.4 Å². The number of aliphatic hydroxyl groups is 1. The maximum atomic E-state index is 12.7. The number of ether oxygens (including phenoxy) is 2. The summed E-state index contributed by atoms with van der Waals surface area (Å²) in [6, 6.07) is 0. The normalized spacial score (nSPS) is 12.0. The molecule has 0 rings (SSSR count). The first-order chi connectivity index (χ1) is 31.8. The standard InChI is InChI=1S/C53H89O9PS2/c1-3-5-7-9-11-13-15-17-19-21-23-25-27-29-31-33-35-37-39-41-43-52(55)59-49-51(50-61-63(57,58)60-46-48-65-64-47-45-54)62-53(56)44-42-40-38-36-34-32-30-28-26-24-22-20-18-16-14-12-10-8-6-4-2/h51,54H,3-20,29-50H2,1-2H3,(H,57,58)/t51-/m1/s1. The number of esters is 2. The van der Waals surface area contributed by atoms with Crippen molar-refractivity contribution in [1.29, 1.82) is 0 Å². The Labute approximate surface area is 405 Å². The molecule has 2 atom stereocenters. The predicted molar refractivity (Wildman–Crippen MR) is 274 cm³/mol. The van der Waals surface area contributed by atoms with Crippen molar-refractivity contribution < 1.29 is 42.7 Å². The number of phosphoric ester groups is 1. The van der Waals surface area contributed by atoms with Gasteiger partial charge in [0, 0.05) is 50.0 Å². The highest BCUT2D eigenvalue weighted by molar-refractivity contribution is 8.76. The molecule has 2 N–H and O–H groups in total. The number of aliphatic hydroxyl groups excluding tert-OH is 1. The van der Waals surface area contributed by atoms with Crippen LogP contribution in [-0.2, 0) is 32.7 Å². The van der Waals surface area contributed by atoms with Crippen LogP contribution in [-0.4, -0.2) is 66.0 Å². The van der Waals surface area contributed by atoms with Crippen LogP contribution >= 0.6 is 29.4 Å². The molecule has 0 aliphatic heterocycles. The maximum Gasteiger partial charge on any atom is 0.472 e. The zero-order chi connectivity index (χ0) is 47.4. The van der Waals surface area contributed by atoms with E-state index in [4.69, 9.17) is 23.6 Å². The SMILES string of the molecule is CCCCCCCCCCC#CC#CCCCCCCCCC(=O)OC[C@H](COP(=O)(O)OCCSSCCO)OC(=O)CCCCCCCCC#CC#CCCCCCCCCCC. The van der Waals surface area contributed by atoms with E-state index < -0.39 is 32.5 Å². The smallest absolute Gasteiger partial charge is 0.462 e. The molecule has 0 saturated carbocycles. The van der Waals surface area contributed by atoms with Crippen LogP contribution in [0.5, 0.6) is 0 Å². The largest absolute Gasteiger partial charge is 0.472 e. The summed E-state index contributed by atoms with van der Waals surface area (Å²) < 4.78 is 33.6. The number of carbonyl (C=O) groups is 2. The van der Waals surface area contributed by atoms with Crippen LogP contribution in [0.25, 0.3) is 0 Å². The third-order valence-corrected chi connectivity index (χ3v) is 13.8. The van der Waals surface area contributed by atoms with Gasteiger partial charge in [0.1, 0.15) is 6.61 Å². The summed E-state index contributed by atoms with van der Waals surface area (Å²) in [5, 5.41) is 8.89. The Balaban J connectivity index is 4.36. The number of unbranched alkanes of at least 4 members (excludes halogenated alkanes) is 28. The summed E-state index contributed by atoms with van der Waals surface area (Å²) in [6.07, 6.45) is 35.3. The maximum absolute atomic E-state index is 12.7. The summed E-state index contributed by atoms with van der Waals surface area (Å²) in [5.74, 6) is 24.7. The molecule has 0 heterocycles.